The van der Waals surface area contributed by atoms with Crippen molar-refractivity contribution in [1.82, 2.24) is 15.6 Å². The fraction of sp³-hybridized carbons (Fsp3) is 0.600. The highest BCUT2D eigenvalue weighted by Crippen LogP contribution is 2.20. The summed E-state index contributed by atoms with van der Waals surface area (Å²) in [5.74, 6) is 1.05. The SMILES string of the molecule is CC(=O)NC1CCN(c2ccc(CNC3CC3)cn2)C1. The second kappa shape index (κ2) is 5.79. The van der Waals surface area contributed by atoms with Crippen LogP contribution in [0.5, 0.6) is 0 Å². The van der Waals surface area contributed by atoms with E-state index in [2.05, 4.69) is 32.7 Å². The van der Waals surface area contributed by atoms with Crippen LogP contribution in [0.2, 0.25) is 0 Å². The van der Waals surface area contributed by atoms with Gasteiger partial charge in [0, 0.05) is 44.8 Å². The van der Waals surface area contributed by atoms with Crippen molar-refractivity contribution in [2.75, 3.05) is 18.0 Å². The van der Waals surface area contributed by atoms with Gasteiger partial charge in [0.05, 0.1) is 0 Å². The largest absolute Gasteiger partial charge is 0.354 e. The Balaban J connectivity index is 1.53. The zero-order chi connectivity index (χ0) is 13.9. The van der Waals surface area contributed by atoms with Gasteiger partial charge in [-0.1, -0.05) is 6.07 Å². The summed E-state index contributed by atoms with van der Waals surface area (Å²) < 4.78 is 0. The quantitative estimate of drug-likeness (QED) is 0.842. The first-order chi connectivity index (χ1) is 9.70. The maximum atomic E-state index is 11.1. The van der Waals surface area contributed by atoms with E-state index in [4.69, 9.17) is 0 Å². The van der Waals surface area contributed by atoms with Gasteiger partial charge in [0.2, 0.25) is 5.91 Å². The minimum atomic E-state index is 0.0475. The molecule has 2 heterocycles. The van der Waals surface area contributed by atoms with Gasteiger partial charge < -0.3 is 15.5 Å². The topological polar surface area (TPSA) is 57.3 Å². The average molecular weight is 274 g/mol. The number of carbonyl (C=O) groups excluding carboxylic acids is 1. The first kappa shape index (κ1) is 13.4. The van der Waals surface area contributed by atoms with Crippen molar-refractivity contribution in [3.63, 3.8) is 0 Å². The van der Waals surface area contributed by atoms with Crippen molar-refractivity contribution >= 4 is 11.7 Å². The molecule has 2 aliphatic rings. The zero-order valence-corrected chi connectivity index (χ0v) is 11.9. The fourth-order valence-electron chi connectivity index (χ4n) is 2.63. The Hall–Kier alpha value is -1.62. The van der Waals surface area contributed by atoms with Gasteiger partial charge in [0.1, 0.15) is 5.82 Å². The fourth-order valence-corrected chi connectivity index (χ4v) is 2.63. The van der Waals surface area contributed by atoms with Gasteiger partial charge >= 0.3 is 0 Å². The van der Waals surface area contributed by atoms with Crippen LogP contribution in [-0.4, -0.2) is 36.1 Å². The summed E-state index contributed by atoms with van der Waals surface area (Å²) in [6.07, 6.45) is 5.57. The van der Waals surface area contributed by atoms with E-state index in [-0.39, 0.29) is 11.9 Å². The van der Waals surface area contributed by atoms with Gasteiger partial charge in [0.15, 0.2) is 0 Å². The van der Waals surface area contributed by atoms with Crippen LogP contribution in [0.25, 0.3) is 0 Å². The molecule has 5 nitrogen and oxygen atoms in total. The molecule has 0 bridgehead atoms. The molecule has 2 N–H and O–H groups in total. The van der Waals surface area contributed by atoms with Crippen molar-refractivity contribution in [2.45, 2.75) is 44.8 Å². The Morgan fingerprint density at radius 2 is 2.20 bits per heavy atom. The van der Waals surface area contributed by atoms with E-state index in [9.17, 15) is 4.79 Å². The average Bonchev–Trinajstić information content (AvgIpc) is 3.15. The van der Waals surface area contributed by atoms with E-state index < -0.39 is 0 Å². The van der Waals surface area contributed by atoms with Crippen LogP contribution in [0, 0.1) is 0 Å². The van der Waals surface area contributed by atoms with E-state index in [1.807, 2.05) is 6.20 Å². The van der Waals surface area contributed by atoms with Crippen LogP contribution < -0.4 is 15.5 Å². The molecule has 0 radical (unpaired) electrons. The molecule has 1 atom stereocenters. The maximum Gasteiger partial charge on any atom is 0.217 e. The second-order valence-corrected chi connectivity index (χ2v) is 5.81. The summed E-state index contributed by atoms with van der Waals surface area (Å²) in [6, 6.07) is 5.21. The Bertz CT molecular complexity index is 469. The number of anilines is 1. The Labute approximate surface area is 119 Å². The third-order valence-electron chi connectivity index (χ3n) is 3.90. The Morgan fingerprint density at radius 3 is 2.85 bits per heavy atom. The number of nitrogens with one attached hydrogen (secondary N) is 2. The van der Waals surface area contributed by atoms with E-state index in [1.165, 1.54) is 18.4 Å². The van der Waals surface area contributed by atoms with Crippen molar-refractivity contribution in [3.05, 3.63) is 23.9 Å². The van der Waals surface area contributed by atoms with Crippen LogP contribution in [0.4, 0.5) is 5.82 Å². The molecule has 2 fully saturated rings. The summed E-state index contributed by atoms with van der Waals surface area (Å²) >= 11 is 0. The van der Waals surface area contributed by atoms with Gasteiger partial charge in [-0.3, -0.25) is 4.79 Å². The number of pyridine rings is 1. The normalized spacial score (nSPS) is 22.1. The predicted octanol–water partition coefficient (Wildman–Crippen LogP) is 1.05. The lowest BCUT2D eigenvalue weighted by atomic mass is 10.2. The lowest BCUT2D eigenvalue weighted by Crippen LogP contribution is -2.35. The molecule has 1 unspecified atom stereocenters. The lowest BCUT2D eigenvalue weighted by Gasteiger charge is -2.18. The first-order valence-electron chi connectivity index (χ1n) is 7.41. The Kier molecular flexibility index (Phi) is 3.87. The zero-order valence-electron chi connectivity index (χ0n) is 11.9. The predicted molar refractivity (Wildman–Crippen MR) is 78.5 cm³/mol. The number of nitrogens with zero attached hydrogens (tertiary/aromatic N) is 2. The highest BCUT2D eigenvalue weighted by Gasteiger charge is 2.24. The molecule has 1 saturated carbocycles. The molecular weight excluding hydrogens is 252 g/mol. The molecule has 5 heteroatoms. The van der Waals surface area contributed by atoms with Crippen molar-refractivity contribution in [1.29, 1.82) is 0 Å². The van der Waals surface area contributed by atoms with Crippen molar-refractivity contribution in [3.8, 4) is 0 Å². The molecule has 1 saturated heterocycles. The summed E-state index contributed by atoms with van der Waals surface area (Å²) in [6.45, 7) is 4.29. The van der Waals surface area contributed by atoms with Crippen molar-refractivity contribution in [2.24, 2.45) is 0 Å². The summed E-state index contributed by atoms with van der Waals surface area (Å²) in [5.41, 5.74) is 1.23. The molecule has 1 aromatic heterocycles. The van der Waals surface area contributed by atoms with Crippen molar-refractivity contribution < 1.29 is 4.79 Å². The number of hydrogen-bond acceptors (Lipinski definition) is 4. The van der Waals surface area contributed by atoms with Gasteiger partial charge in [-0.25, -0.2) is 4.98 Å². The maximum absolute atomic E-state index is 11.1. The molecule has 20 heavy (non-hydrogen) atoms. The molecular formula is C15H22N4O. The molecule has 1 amide bonds. The van der Waals surface area contributed by atoms with Crippen LogP contribution in [-0.2, 0) is 11.3 Å². The van der Waals surface area contributed by atoms with E-state index in [0.717, 1.165) is 37.9 Å². The van der Waals surface area contributed by atoms with E-state index in [1.54, 1.807) is 6.92 Å². The number of aromatic nitrogens is 1. The summed E-state index contributed by atoms with van der Waals surface area (Å²) in [7, 11) is 0. The third kappa shape index (κ3) is 3.48. The standard InChI is InChI=1S/C15H22N4O/c1-11(20)18-14-6-7-19(10-14)15-5-2-12(9-17-15)8-16-13-3-4-13/h2,5,9,13-14,16H,3-4,6-8,10H2,1H3,(H,18,20). The number of hydrogen-bond donors (Lipinski definition) is 2. The summed E-state index contributed by atoms with van der Waals surface area (Å²) in [5, 5.41) is 6.46. The number of rotatable bonds is 5. The van der Waals surface area contributed by atoms with Crippen LogP contribution in [0.3, 0.4) is 0 Å². The van der Waals surface area contributed by atoms with Crippen LogP contribution in [0.15, 0.2) is 18.3 Å². The highest BCUT2D eigenvalue weighted by atomic mass is 16.1. The van der Waals surface area contributed by atoms with Gasteiger partial charge in [-0.2, -0.15) is 0 Å². The minimum Gasteiger partial charge on any atom is -0.354 e. The van der Waals surface area contributed by atoms with Gasteiger partial charge in [-0.05, 0) is 30.9 Å². The van der Waals surface area contributed by atoms with Gasteiger partial charge in [-0.15, -0.1) is 0 Å². The molecule has 3 rings (SSSR count). The Morgan fingerprint density at radius 1 is 1.35 bits per heavy atom. The third-order valence-corrected chi connectivity index (χ3v) is 3.90. The highest BCUT2D eigenvalue weighted by molar-refractivity contribution is 5.73. The minimum absolute atomic E-state index is 0.0475. The van der Waals surface area contributed by atoms with Crippen LogP contribution in [0.1, 0.15) is 31.7 Å². The van der Waals surface area contributed by atoms with Gasteiger partial charge in [0.25, 0.3) is 0 Å². The molecule has 108 valence electrons. The molecule has 1 aliphatic carbocycles. The summed E-state index contributed by atoms with van der Waals surface area (Å²) in [4.78, 5) is 17.8. The molecule has 1 aromatic rings. The number of carbonyl (C=O) groups is 1. The molecule has 0 aromatic carbocycles. The van der Waals surface area contributed by atoms with E-state index >= 15 is 0 Å². The first-order valence-corrected chi connectivity index (χ1v) is 7.41. The second-order valence-electron chi connectivity index (χ2n) is 5.81. The van der Waals surface area contributed by atoms with E-state index in [0.29, 0.717) is 0 Å². The molecule has 0 spiro atoms. The number of amides is 1. The monoisotopic (exact) mass is 274 g/mol. The lowest BCUT2D eigenvalue weighted by molar-refractivity contribution is -0.119. The van der Waals surface area contributed by atoms with Crippen LogP contribution >= 0.6 is 0 Å². The smallest absolute Gasteiger partial charge is 0.217 e. The molecule has 1 aliphatic heterocycles.